The average Bonchev–Trinajstić information content (AvgIpc) is 3.17. The molecule has 1 N–H and O–H groups in total. The molecule has 0 spiro atoms. The fourth-order valence-electron chi connectivity index (χ4n) is 2.29. The molecule has 0 aliphatic heterocycles. The van der Waals surface area contributed by atoms with E-state index in [-0.39, 0.29) is 0 Å². The van der Waals surface area contributed by atoms with Crippen LogP contribution >= 0.6 is 0 Å². The first-order valence-electron chi connectivity index (χ1n) is 7.47. The highest BCUT2D eigenvalue weighted by Gasteiger charge is 2.11. The fourth-order valence-corrected chi connectivity index (χ4v) is 2.29. The summed E-state index contributed by atoms with van der Waals surface area (Å²) in [7, 11) is 1.84. The summed E-state index contributed by atoms with van der Waals surface area (Å²) in [6.45, 7) is 5.56. The molecule has 9 nitrogen and oxygen atoms in total. The number of hydrogen-bond acceptors (Lipinski definition) is 7. The van der Waals surface area contributed by atoms with Crippen LogP contribution < -0.4 is 5.32 Å². The molecule has 0 atom stereocenters. The van der Waals surface area contributed by atoms with E-state index in [2.05, 4.69) is 42.5 Å². The molecule has 3 aromatic heterocycles. The summed E-state index contributed by atoms with van der Waals surface area (Å²) in [5.41, 5.74) is 1.73. The van der Waals surface area contributed by atoms with E-state index >= 15 is 0 Å². The molecule has 0 aromatic carbocycles. The van der Waals surface area contributed by atoms with E-state index in [4.69, 9.17) is 0 Å². The lowest BCUT2D eigenvalue weighted by Crippen LogP contribution is -2.12. The average molecular weight is 313 g/mol. The largest absolute Gasteiger partial charge is 0.354 e. The Bertz CT molecular complexity index is 789. The Morgan fingerprint density at radius 3 is 2.87 bits per heavy atom. The van der Waals surface area contributed by atoms with Gasteiger partial charge in [-0.1, -0.05) is 0 Å². The van der Waals surface area contributed by atoms with E-state index in [1.165, 1.54) is 6.33 Å². The van der Waals surface area contributed by atoms with Crippen molar-refractivity contribution in [2.45, 2.75) is 26.8 Å². The van der Waals surface area contributed by atoms with Crippen LogP contribution in [0.1, 0.15) is 18.3 Å². The van der Waals surface area contributed by atoms with Crippen LogP contribution in [0.5, 0.6) is 0 Å². The van der Waals surface area contributed by atoms with Crippen molar-refractivity contribution in [2.24, 2.45) is 7.05 Å². The van der Waals surface area contributed by atoms with Crippen molar-refractivity contribution in [3.05, 3.63) is 30.2 Å². The van der Waals surface area contributed by atoms with Gasteiger partial charge in [-0.05, 0) is 19.4 Å². The van der Waals surface area contributed by atoms with Gasteiger partial charge in [-0.25, -0.2) is 19.6 Å². The van der Waals surface area contributed by atoms with Crippen molar-refractivity contribution < 1.29 is 0 Å². The SMILES string of the molecule is CCn1cnnc1CCNc1ncc(C)c(-c2ncnn2C)n1. The van der Waals surface area contributed by atoms with E-state index in [1.807, 2.05) is 18.5 Å². The molecule has 0 saturated carbocycles. The van der Waals surface area contributed by atoms with Crippen LogP contribution in [0.3, 0.4) is 0 Å². The predicted octanol–water partition coefficient (Wildman–Crippen LogP) is 0.847. The standard InChI is InChI=1S/C14H19N9/c1-4-23-9-18-21-11(23)5-6-15-14-16-7-10(2)12(20-14)13-17-8-19-22(13)3/h7-9H,4-6H2,1-3H3,(H,15,16,20). The van der Waals surface area contributed by atoms with Gasteiger partial charge in [0.25, 0.3) is 0 Å². The smallest absolute Gasteiger partial charge is 0.223 e. The summed E-state index contributed by atoms with van der Waals surface area (Å²) in [5, 5.41) is 15.3. The van der Waals surface area contributed by atoms with Crippen LogP contribution in [-0.4, -0.2) is 46.0 Å². The van der Waals surface area contributed by atoms with E-state index in [1.54, 1.807) is 17.2 Å². The van der Waals surface area contributed by atoms with Crippen LogP contribution in [-0.2, 0) is 20.0 Å². The van der Waals surface area contributed by atoms with Gasteiger partial charge >= 0.3 is 0 Å². The van der Waals surface area contributed by atoms with Gasteiger partial charge in [0.05, 0.1) is 0 Å². The molecule has 0 fully saturated rings. The summed E-state index contributed by atoms with van der Waals surface area (Å²) in [4.78, 5) is 13.1. The first-order chi connectivity index (χ1) is 11.2. The zero-order valence-corrected chi connectivity index (χ0v) is 13.4. The Hall–Kier alpha value is -2.84. The van der Waals surface area contributed by atoms with Gasteiger partial charge in [-0.3, -0.25) is 0 Å². The number of aromatic nitrogens is 8. The van der Waals surface area contributed by atoms with Crippen molar-refractivity contribution in [3.63, 3.8) is 0 Å². The minimum absolute atomic E-state index is 0.566. The maximum atomic E-state index is 4.55. The third-order valence-electron chi connectivity index (χ3n) is 3.56. The van der Waals surface area contributed by atoms with Crippen molar-refractivity contribution in [2.75, 3.05) is 11.9 Å². The lowest BCUT2D eigenvalue weighted by atomic mass is 10.2. The summed E-state index contributed by atoms with van der Waals surface area (Å²) in [5.74, 6) is 2.23. The van der Waals surface area contributed by atoms with Crippen molar-refractivity contribution in [3.8, 4) is 11.5 Å². The summed E-state index contributed by atoms with van der Waals surface area (Å²) < 4.78 is 3.71. The Labute approximate surface area is 133 Å². The second-order valence-corrected chi connectivity index (χ2v) is 5.14. The molecular weight excluding hydrogens is 294 g/mol. The highest BCUT2D eigenvalue weighted by atomic mass is 15.3. The van der Waals surface area contributed by atoms with Crippen molar-refractivity contribution in [1.29, 1.82) is 0 Å². The second kappa shape index (κ2) is 6.51. The first kappa shape index (κ1) is 15.1. The molecule has 3 heterocycles. The molecule has 0 saturated heterocycles. The number of hydrogen-bond donors (Lipinski definition) is 1. The minimum atomic E-state index is 0.566. The number of rotatable bonds is 6. The fraction of sp³-hybridized carbons (Fsp3) is 0.429. The van der Waals surface area contributed by atoms with Gasteiger partial charge in [-0.2, -0.15) is 5.10 Å². The Balaban J connectivity index is 1.71. The van der Waals surface area contributed by atoms with Gasteiger partial charge < -0.3 is 9.88 Å². The lowest BCUT2D eigenvalue weighted by molar-refractivity contribution is 0.697. The third-order valence-corrected chi connectivity index (χ3v) is 3.56. The third kappa shape index (κ3) is 3.17. The molecule has 0 aliphatic rings. The van der Waals surface area contributed by atoms with Gasteiger partial charge in [-0.15, -0.1) is 10.2 Å². The van der Waals surface area contributed by atoms with Crippen molar-refractivity contribution >= 4 is 5.95 Å². The highest BCUT2D eigenvalue weighted by molar-refractivity contribution is 5.55. The van der Waals surface area contributed by atoms with Crippen LogP contribution in [0.2, 0.25) is 0 Å². The second-order valence-electron chi connectivity index (χ2n) is 5.14. The van der Waals surface area contributed by atoms with E-state index in [0.717, 1.165) is 35.9 Å². The van der Waals surface area contributed by atoms with Crippen molar-refractivity contribution in [1.82, 2.24) is 39.5 Å². The normalized spacial score (nSPS) is 10.9. The summed E-state index contributed by atoms with van der Waals surface area (Å²) in [6.07, 6.45) is 5.80. The molecule has 0 unspecified atom stereocenters. The molecule has 9 heteroatoms. The molecule has 0 radical (unpaired) electrons. The van der Waals surface area contributed by atoms with Gasteiger partial charge in [0, 0.05) is 32.8 Å². The first-order valence-corrected chi connectivity index (χ1v) is 7.47. The molecule has 0 amide bonds. The number of nitrogens with one attached hydrogen (secondary N) is 1. The lowest BCUT2D eigenvalue weighted by Gasteiger charge is -2.08. The predicted molar refractivity (Wildman–Crippen MR) is 84.7 cm³/mol. The zero-order chi connectivity index (χ0) is 16.2. The topological polar surface area (TPSA) is 99.2 Å². The monoisotopic (exact) mass is 313 g/mol. The Morgan fingerprint density at radius 2 is 2.13 bits per heavy atom. The van der Waals surface area contributed by atoms with E-state index < -0.39 is 0 Å². The van der Waals surface area contributed by atoms with Crippen LogP contribution in [0, 0.1) is 6.92 Å². The quantitative estimate of drug-likeness (QED) is 0.720. The molecule has 0 bridgehead atoms. The summed E-state index contributed by atoms with van der Waals surface area (Å²) >= 11 is 0. The number of anilines is 1. The van der Waals surface area contributed by atoms with E-state index in [9.17, 15) is 0 Å². The van der Waals surface area contributed by atoms with Gasteiger partial charge in [0.15, 0.2) is 5.82 Å². The molecule has 120 valence electrons. The van der Waals surface area contributed by atoms with Crippen LogP contribution in [0.4, 0.5) is 5.95 Å². The Kier molecular flexibility index (Phi) is 4.26. The maximum absolute atomic E-state index is 4.55. The minimum Gasteiger partial charge on any atom is -0.354 e. The van der Waals surface area contributed by atoms with Crippen LogP contribution in [0.25, 0.3) is 11.5 Å². The van der Waals surface area contributed by atoms with Gasteiger partial charge in [0.2, 0.25) is 5.95 Å². The zero-order valence-electron chi connectivity index (χ0n) is 13.4. The Morgan fingerprint density at radius 1 is 1.26 bits per heavy atom. The molecule has 3 aromatic rings. The van der Waals surface area contributed by atoms with Gasteiger partial charge in [0.1, 0.15) is 24.2 Å². The summed E-state index contributed by atoms with van der Waals surface area (Å²) in [6, 6.07) is 0. The van der Waals surface area contributed by atoms with Crippen LogP contribution in [0.15, 0.2) is 18.9 Å². The molecule has 3 rings (SSSR count). The van der Waals surface area contributed by atoms with E-state index in [0.29, 0.717) is 12.5 Å². The molecule has 23 heavy (non-hydrogen) atoms. The highest BCUT2D eigenvalue weighted by Crippen LogP contribution is 2.18. The molecule has 0 aliphatic carbocycles. The number of aryl methyl sites for hydroxylation is 3. The maximum Gasteiger partial charge on any atom is 0.223 e. The number of nitrogens with zero attached hydrogens (tertiary/aromatic N) is 8. The molecular formula is C14H19N9.